The van der Waals surface area contributed by atoms with Crippen LogP contribution in [-0.2, 0) is 13.6 Å². The Hall–Kier alpha value is -2.15. The summed E-state index contributed by atoms with van der Waals surface area (Å²) in [5.41, 5.74) is 1.90. The van der Waals surface area contributed by atoms with Gasteiger partial charge in [0.05, 0.1) is 16.8 Å². The van der Waals surface area contributed by atoms with Crippen LogP contribution in [0.25, 0.3) is 10.2 Å². The molecule has 0 saturated carbocycles. The molecule has 3 aromatic heterocycles. The fourth-order valence-corrected chi connectivity index (χ4v) is 3.00. The van der Waals surface area contributed by atoms with Crippen LogP contribution in [0.3, 0.4) is 0 Å². The number of carbonyl (C=O) groups excluding carboxylic acids is 1. The third kappa shape index (κ3) is 2.12. The molecule has 7 heteroatoms. The van der Waals surface area contributed by atoms with Crippen LogP contribution in [0.1, 0.15) is 20.9 Å². The fraction of sp³-hybridized carbons (Fsp3) is 0.250. The molecule has 0 aliphatic rings. The lowest BCUT2D eigenvalue weighted by atomic mass is 10.3. The molecule has 2 N–H and O–H groups in total. The number of H-pyrrole nitrogens is 1. The van der Waals surface area contributed by atoms with Gasteiger partial charge in [0.2, 0.25) is 0 Å². The van der Waals surface area contributed by atoms with E-state index < -0.39 is 0 Å². The highest BCUT2D eigenvalue weighted by Gasteiger charge is 2.14. The van der Waals surface area contributed by atoms with E-state index in [1.165, 1.54) is 11.3 Å². The summed E-state index contributed by atoms with van der Waals surface area (Å²) in [5, 5.41) is 14.8. The summed E-state index contributed by atoms with van der Waals surface area (Å²) in [5.74, 6) is -0.0678. The van der Waals surface area contributed by atoms with Gasteiger partial charge in [-0.15, -0.1) is 11.3 Å². The number of thiophene rings is 1. The van der Waals surface area contributed by atoms with E-state index in [0.29, 0.717) is 11.4 Å². The molecule has 3 aromatic rings. The van der Waals surface area contributed by atoms with Gasteiger partial charge in [0.25, 0.3) is 5.91 Å². The molecule has 3 rings (SSSR count). The van der Waals surface area contributed by atoms with E-state index in [0.717, 1.165) is 21.5 Å². The molecule has 0 bridgehead atoms. The third-order valence-electron chi connectivity index (χ3n) is 2.93. The van der Waals surface area contributed by atoms with Crippen LogP contribution in [-0.4, -0.2) is 25.9 Å². The normalized spacial score (nSPS) is 11.1. The van der Waals surface area contributed by atoms with Crippen molar-refractivity contribution in [2.45, 2.75) is 13.5 Å². The highest BCUT2D eigenvalue weighted by molar-refractivity contribution is 7.20. The van der Waals surface area contributed by atoms with Gasteiger partial charge in [-0.1, -0.05) is 0 Å². The van der Waals surface area contributed by atoms with Crippen molar-refractivity contribution in [2.75, 3.05) is 0 Å². The van der Waals surface area contributed by atoms with E-state index in [1.807, 2.05) is 24.7 Å². The molecule has 0 fully saturated rings. The van der Waals surface area contributed by atoms with Crippen molar-refractivity contribution in [2.24, 2.45) is 7.05 Å². The quantitative estimate of drug-likeness (QED) is 0.762. The second-order valence-electron chi connectivity index (χ2n) is 4.33. The van der Waals surface area contributed by atoms with E-state index in [2.05, 4.69) is 20.6 Å². The number of hydrogen-bond donors (Lipinski definition) is 2. The predicted octanol–water partition coefficient (Wildman–Crippen LogP) is 1.60. The van der Waals surface area contributed by atoms with Gasteiger partial charge in [0, 0.05) is 30.7 Å². The Labute approximate surface area is 113 Å². The van der Waals surface area contributed by atoms with Gasteiger partial charge < -0.3 is 5.32 Å². The van der Waals surface area contributed by atoms with Gasteiger partial charge in [-0.3, -0.25) is 14.6 Å². The smallest absolute Gasteiger partial charge is 0.261 e. The first-order chi connectivity index (χ1) is 9.15. The van der Waals surface area contributed by atoms with Crippen LogP contribution in [0.4, 0.5) is 0 Å². The van der Waals surface area contributed by atoms with Gasteiger partial charge in [-0.2, -0.15) is 10.2 Å². The largest absolute Gasteiger partial charge is 0.347 e. The summed E-state index contributed by atoms with van der Waals surface area (Å²) in [7, 11) is 1.89. The van der Waals surface area contributed by atoms with Crippen LogP contribution >= 0.6 is 11.3 Å². The molecule has 0 atom stereocenters. The number of amides is 1. The SMILES string of the molecule is Cc1nn(C)c2sc(C(=O)NCc3cn[nH]c3)cc12. The number of aromatic amines is 1. The molecule has 3 heterocycles. The van der Waals surface area contributed by atoms with E-state index in [1.54, 1.807) is 12.4 Å². The van der Waals surface area contributed by atoms with Crippen molar-refractivity contribution in [1.82, 2.24) is 25.3 Å². The van der Waals surface area contributed by atoms with Crippen LogP contribution in [0.15, 0.2) is 18.5 Å². The third-order valence-corrected chi connectivity index (χ3v) is 4.13. The number of aryl methyl sites for hydroxylation is 2. The predicted molar refractivity (Wildman–Crippen MR) is 73.1 cm³/mol. The minimum absolute atomic E-state index is 0.0678. The van der Waals surface area contributed by atoms with Crippen LogP contribution in [0.5, 0.6) is 0 Å². The topological polar surface area (TPSA) is 75.6 Å². The Balaban J connectivity index is 1.79. The Kier molecular flexibility index (Phi) is 2.83. The van der Waals surface area contributed by atoms with E-state index in [-0.39, 0.29) is 5.91 Å². The molecule has 0 radical (unpaired) electrons. The van der Waals surface area contributed by atoms with E-state index >= 15 is 0 Å². The van der Waals surface area contributed by atoms with Gasteiger partial charge in [-0.25, -0.2) is 0 Å². The summed E-state index contributed by atoms with van der Waals surface area (Å²) in [6.07, 6.45) is 3.46. The molecule has 0 unspecified atom stereocenters. The number of aromatic nitrogens is 4. The molecule has 0 spiro atoms. The highest BCUT2D eigenvalue weighted by atomic mass is 32.1. The molecule has 0 aromatic carbocycles. The monoisotopic (exact) mass is 275 g/mol. The summed E-state index contributed by atoms with van der Waals surface area (Å²) in [4.78, 5) is 13.8. The van der Waals surface area contributed by atoms with Crippen LogP contribution in [0.2, 0.25) is 0 Å². The Morgan fingerprint density at radius 1 is 1.58 bits per heavy atom. The van der Waals surface area contributed by atoms with Crippen molar-refractivity contribution in [1.29, 1.82) is 0 Å². The minimum atomic E-state index is -0.0678. The number of fused-ring (bicyclic) bond motifs is 1. The standard InChI is InChI=1S/C12H13N5OS/c1-7-9-3-10(19-12(9)17(2)16-7)11(18)13-4-8-5-14-15-6-8/h3,5-6H,4H2,1-2H3,(H,13,18)(H,14,15). The molecule has 19 heavy (non-hydrogen) atoms. The average Bonchev–Trinajstić information content (AvgIpc) is 3.08. The summed E-state index contributed by atoms with van der Waals surface area (Å²) in [6, 6.07) is 1.90. The van der Waals surface area contributed by atoms with Crippen molar-refractivity contribution in [3.8, 4) is 0 Å². The Bertz CT molecular complexity index is 690. The minimum Gasteiger partial charge on any atom is -0.347 e. The average molecular weight is 275 g/mol. The summed E-state index contributed by atoms with van der Waals surface area (Å²) in [6.45, 7) is 2.42. The summed E-state index contributed by atoms with van der Waals surface area (Å²) >= 11 is 1.46. The van der Waals surface area contributed by atoms with E-state index in [9.17, 15) is 4.79 Å². The van der Waals surface area contributed by atoms with Crippen molar-refractivity contribution in [3.05, 3.63) is 34.6 Å². The number of rotatable bonds is 3. The van der Waals surface area contributed by atoms with Crippen LogP contribution < -0.4 is 5.32 Å². The van der Waals surface area contributed by atoms with Gasteiger partial charge in [0.15, 0.2) is 0 Å². The zero-order valence-electron chi connectivity index (χ0n) is 10.6. The fourth-order valence-electron chi connectivity index (χ4n) is 1.96. The highest BCUT2D eigenvalue weighted by Crippen LogP contribution is 2.27. The Morgan fingerprint density at radius 3 is 3.11 bits per heavy atom. The maximum Gasteiger partial charge on any atom is 0.261 e. The first-order valence-corrected chi connectivity index (χ1v) is 6.66. The second kappa shape index (κ2) is 4.51. The molecule has 98 valence electrons. The lowest BCUT2D eigenvalue weighted by Crippen LogP contribution is -2.21. The lowest BCUT2D eigenvalue weighted by Gasteiger charge is -2.00. The van der Waals surface area contributed by atoms with Crippen molar-refractivity contribution >= 4 is 27.5 Å². The lowest BCUT2D eigenvalue weighted by molar-refractivity contribution is 0.0955. The van der Waals surface area contributed by atoms with Crippen molar-refractivity contribution in [3.63, 3.8) is 0 Å². The number of carbonyl (C=O) groups is 1. The van der Waals surface area contributed by atoms with Gasteiger partial charge in [-0.05, 0) is 13.0 Å². The first-order valence-electron chi connectivity index (χ1n) is 5.84. The molecule has 0 aliphatic heterocycles. The molecular weight excluding hydrogens is 262 g/mol. The molecule has 6 nitrogen and oxygen atoms in total. The number of nitrogens with zero attached hydrogens (tertiary/aromatic N) is 3. The van der Waals surface area contributed by atoms with Crippen LogP contribution in [0, 0.1) is 6.92 Å². The number of hydrogen-bond acceptors (Lipinski definition) is 4. The number of nitrogens with one attached hydrogen (secondary N) is 2. The maximum atomic E-state index is 12.1. The molecule has 0 saturated heterocycles. The first kappa shape index (κ1) is 11.9. The molecule has 1 amide bonds. The van der Waals surface area contributed by atoms with Crippen molar-refractivity contribution < 1.29 is 4.79 Å². The molecular formula is C12H13N5OS. The molecule has 0 aliphatic carbocycles. The maximum absolute atomic E-state index is 12.1. The zero-order chi connectivity index (χ0) is 13.4. The van der Waals surface area contributed by atoms with E-state index in [4.69, 9.17) is 0 Å². The zero-order valence-corrected chi connectivity index (χ0v) is 11.4. The Morgan fingerprint density at radius 2 is 2.42 bits per heavy atom. The van der Waals surface area contributed by atoms with Gasteiger partial charge in [0.1, 0.15) is 4.83 Å². The second-order valence-corrected chi connectivity index (χ2v) is 5.36. The summed E-state index contributed by atoms with van der Waals surface area (Å²) < 4.78 is 1.81. The van der Waals surface area contributed by atoms with Gasteiger partial charge >= 0.3 is 0 Å².